The van der Waals surface area contributed by atoms with E-state index in [-0.39, 0.29) is 5.91 Å². The van der Waals surface area contributed by atoms with Crippen molar-refractivity contribution < 1.29 is 4.79 Å². The van der Waals surface area contributed by atoms with Gasteiger partial charge in [-0.05, 0) is 30.5 Å². The van der Waals surface area contributed by atoms with E-state index in [2.05, 4.69) is 67.9 Å². The third-order valence-corrected chi connectivity index (χ3v) is 5.21. The predicted octanol–water partition coefficient (Wildman–Crippen LogP) is 5.69. The van der Waals surface area contributed by atoms with Crippen molar-refractivity contribution in [3.05, 3.63) is 74.1 Å². The molecule has 1 aliphatic rings. The maximum atomic E-state index is 11.2. The van der Waals surface area contributed by atoms with Gasteiger partial charge in [-0.3, -0.25) is 9.52 Å². The SMILES string of the molecule is C=C.C=CN(/C=C\C(=O)NC)CCCSNC(CC)c1ccccc1.CC1CC1. The molecule has 1 aromatic rings. The smallest absolute Gasteiger partial charge is 0.245 e. The number of amides is 1. The minimum Gasteiger partial charge on any atom is -0.356 e. The Balaban J connectivity index is 0.00000113. The van der Waals surface area contributed by atoms with E-state index in [1.807, 2.05) is 11.0 Å². The molecule has 1 atom stereocenters. The number of nitrogens with one attached hydrogen (secondary N) is 2. The van der Waals surface area contributed by atoms with Gasteiger partial charge in [0.1, 0.15) is 0 Å². The monoisotopic (exact) mass is 417 g/mol. The molecule has 1 aliphatic carbocycles. The first-order valence-electron chi connectivity index (χ1n) is 10.3. The molecule has 4 nitrogen and oxygen atoms in total. The molecular weight excluding hydrogens is 378 g/mol. The summed E-state index contributed by atoms with van der Waals surface area (Å²) in [4.78, 5) is 13.1. The minimum absolute atomic E-state index is 0.110. The summed E-state index contributed by atoms with van der Waals surface area (Å²) in [6, 6.07) is 10.9. The molecule has 1 aromatic carbocycles. The lowest BCUT2D eigenvalue weighted by molar-refractivity contribution is -0.116. The van der Waals surface area contributed by atoms with Gasteiger partial charge in [-0.25, -0.2) is 0 Å². The fourth-order valence-electron chi connectivity index (χ4n) is 2.19. The molecular formula is C24H39N3OS. The van der Waals surface area contributed by atoms with Gasteiger partial charge >= 0.3 is 0 Å². The van der Waals surface area contributed by atoms with Gasteiger partial charge in [0.2, 0.25) is 5.91 Å². The van der Waals surface area contributed by atoms with Gasteiger partial charge in [-0.1, -0.05) is 75.5 Å². The highest BCUT2D eigenvalue weighted by Crippen LogP contribution is 2.26. The summed E-state index contributed by atoms with van der Waals surface area (Å²) in [7, 11) is 1.62. The second-order valence-corrected chi connectivity index (χ2v) is 7.66. The van der Waals surface area contributed by atoms with E-state index in [4.69, 9.17) is 0 Å². The van der Waals surface area contributed by atoms with Crippen LogP contribution < -0.4 is 10.0 Å². The predicted molar refractivity (Wildman–Crippen MR) is 129 cm³/mol. The van der Waals surface area contributed by atoms with Gasteiger partial charge in [0.25, 0.3) is 0 Å². The van der Waals surface area contributed by atoms with E-state index in [1.165, 1.54) is 24.5 Å². The first kappa shape index (κ1) is 27.0. The quantitative estimate of drug-likeness (QED) is 0.210. The van der Waals surface area contributed by atoms with Crippen molar-refractivity contribution in [1.82, 2.24) is 14.9 Å². The number of hydrogen-bond donors (Lipinski definition) is 2. The van der Waals surface area contributed by atoms with Crippen LogP contribution in [0.25, 0.3) is 0 Å². The van der Waals surface area contributed by atoms with Crippen LogP contribution in [0, 0.1) is 5.92 Å². The Hall–Kier alpha value is -1.98. The van der Waals surface area contributed by atoms with E-state index in [0.29, 0.717) is 6.04 Å². The summed E-state index contributed by atoms with van der Waals surface area (Å²) in [5.74, 6) is 1.98. The maximum absolute atomic E-state index is 11.2. The van der Waals surface area contributed by atoms with E-state index in [9.17, 15) is 4.79 Å². The van der Waals surface area contributed by atoms with Crippen LogP contribution in [0.15, 0.2) is 68.5 Å². The second-order valence-electron chi connectivity index (χ2n) is 6.72. The van der Waals surface area contributed by atoms with Crippen molar-refractivity contribution in [2.45, 2.75) is 45.6 Å². The lowest BCUT2D eigenvalue weighted by Crippen LogP contribution is -2.18. The molecule has 0 radical (unpaired) electrons. The lowest BCUT2D eigenvalue weighted by atomic mass is 10.1. The maximum Gasteiger partial charge on any atom is 0.245 e. The number of carbonyl (C=O) groups is 1. The highest BCUT2D eigenvalue weighted by Gasteiger charge is 2.12. The largest absolute Gasteiger partial charge is 0.356 e. The summed E-state index contributed by atoms with van der Waals surface area (Å²) >= 11 is 1.75. The molecule has 1 amide bonds. The van der Waals surface area contributed by atoms with E-state index < -0.39 is 0 Å². The van der Waals surface area contributed by atoms with Gasteiger partial charge in [-0.15, -0.1) is 13.2 Å². The Morgan fingerprint density at radius 3 is 2.41 bits per heavy atom. The van der Waals surface area contributed by atoms with Crippen molar-refractivity contribution >= 4 is 17.9 Å². The molecule has 1 unspecified atom stereocenters. The zero-order chi connectivity index (χ0) is 21.9. The van der Waals surface area contributed by atoms with Crippen LogP contribution in [-0.4, -0.2) is 30.2 Å². The summed E-state index contributed by atoms with van der Waals surface area (Å²) in [6.07, 6.45) is 10.0. The zero-order valence-corrected chi connectivity index (χ0v) is 19.2. The topological polar surface area (TPSA) is 44.4 Å². The molecule has 29 heavy (non-hydrogen) atoms. The van der Waals surface area contributed by atoms with Crippen LogP contribution in [-0.2, 0) is 4.79 Å². The molecule has 0 aromatic heterocycles. The Morgan fingerprint density at radius 1 is 1.31 bits per heavy atom. The molecule has 0 bridgehead atoms. The fraction of sp³-hybridized carbons (Fsp3) is 0.458. The van der Waals surface area contributed by atoms with Gasteiger partial charge in [0, 0.05) is 37.7 Å². The molecule has 0 aliphatic heterocycles. The normalized spacial score (nSPS) is 13.3. The zero-order valence-electron chi connectivity index (χ0n) is 18.4. The molecule has 0 heterocycles. The van der Waals surface area contributed by atoms with E-state index in [1.54, 1.807) is 31.4 Å². The van der Waals surface area contributed by atoms with Gasteiger partial charge < -0.3 is 10.2 Å². The van der Waals surface area contributed by atoms with Crippen molar-refractivity contribution in [3.63, 3.8) is 0 Å². The van der Waals surface area contributed by atoms with Crippen LogP contribution in [0.4, 0.5) is 0 Å². The average molecular weight is 418 g/mol. The number of hydrogen-bond acceptors (Lipinski definition) is 4. The average Bonchev–Trinajstić information content (AvgIpc) is 3.57. The number of likely N-dealkylation sites (N-methyl/N-ethyl adjacent to an activating group) is 1. The molecule has 2 N–H and O–H groups in total. The summed E-state index contributed by atoms with van der Waals surface area (Å²) in [6.45, 7) is 15.1. The fourth-order valence-corrected chi connectivity index (χ4v) is 3.09. The number of benzene rings is 1. The molecule has 1 saturated carbocycles. The van der Waals surface area contributed by atoms with Crippen LogP contribution in [0.5, 0.6) is 0 Å². The standard InChI is InChI=1S/C18H27N3OS.C4H8.C2H4/c1-4-17(16-10-7-6-8-11-16)20-23-15-9-13-21(5-2)14-12-18(22)19-3;1-4-2-3-4;1-2/h5-8,10-12,14,17,20H,2,4,9,13,15H2,1,3H3,(H,19,22);4H,2-3H2,1H3;1-2H2/b14-12-;;. The van der Waals surface area contributed by atoms with Crippen LogP contribution >= 0.6 is 11.9 Å². The Bertz CT molecular complexity index is 573. The lowest BCUT2D eigenvalue weighted by Gasteiger charge is -2.18. The summed E-state index contributed by atoms with van der Waals surface area (Å²) < 4.78 is 3.53. The second kappa shape index (κ2) is 18.1. The molecule has 0 saturated heterocycles. The number of carbonyl (C=O) groups excluding carboxylic acids is 1. The highest BCUT2D eigenvalue weighted by molar-refractivity contribution is 7.97. The summed E-state index contributed by atoms with van der Waals surface area (Å²) in [5, 5.41) is 2.55. The first-order chi connectivity index (χ1) is 14.1. The van der Waals surface area contributed by atoms with Crippen molar-refractivity contribution in [1.29, 1.82) is 0 Å². The highest BCUT2D eigenvalue weighted by atomic mass is 32.2. The van der Waals surface area contributed by atoms with Crippen LogP contribution in [0.3, 0.4) is 0 Å². The van der Waals surface area contributed by atoms with Crippen molar-refractivity contribution in [2.75, 3.05) is 19.3 Å². The Kier molecular flexibility index (Phi) is 16.8. The van der Waals surface area contributed by atoms with Crippen LogP contribution in [0.1, 0.15) is 51.1 Å². The molecule has 0 spiro atoms. The van der Waals surface area contributed by atoms with E-state index >= 15 is 0 Å². The van der Waals surface area contributed by atoms with E-state index in [0.717, 1.165) is 31.1 Å². The van der Waals surface area contributed by atoms with Crippen molar-refractivity contribution in [3.8, 4) is 0 Å². The Morgan fingerprint density at radius 2 is 1.93 bits per heavy atom. The summed E-state index contributed by atoms with van der Waals surface area (Å²) in [5.41, 5.74) is 1.32. The third-order valence-electron chi connectivity index (χ3n) is 4.26. The third kappa shape index (κ3) is 14.6. The molecule has 162 valence electrons. The van der Waals surface area contributed by atoms with Gasteiger partial charge in [0.05, 0.1) is 0 Å². The number of nitrogens with zero attached hydrogens (tertiary/aromatic N) is 1. The minimum atomic E-state index is -0.110. The van der Waals surface area contributed by atoms with Gasteiger partial charge in [0.15, 0.2) is 0 Å². The molecule has 5 heteroatoms. The van der Waals surface area contributed by atoms with Crippen molar-refractivity contribution in [2.24, 2.45) is 5.92 Å². The molecule has 2 rings (SSSR count). The number of rotatable bonds is 11. The van der Waals surface area contributed by atoms with Gasteiger partial charge in [-0.2, -0.15) is 0 Å². The van der Waals surface area contributed by atoms with Crippen LogP contribution in [0.2, 0.25) is 0 Å². The first-order valence-corrected chi connectivity index (χ1v) is 11.3. The Labute approximate surface area is 182 Å². The molecule has 1 fully saturated rings.